The van der Waals surface area contributed by atoms with Crippen molar-refractivity contribution in [1.82, 2.24) is 10.2 Å². The average molecular weight is 274 g/mol. The smallest absolute Gasteiger partial charge is 0.119 e. The predicted octanol–water partition coefficient (Wildman–Crippen LogP) is 2.48. The summed E-state index contributed by atoms with van der Waals surface area (Å²) < 4.78 is 5.36. The van der Waals surface area contributed by atoms with Gasteiger partial charge in [0.05, 0.1) is 7.11 Å². The fourth-order valence-corrected chi connectivity index (χ4v) is 3.26. The minimum atomic E-state index is 0.612. The Morgan fingerprint density at radius 1 is 1.30 bits per heavy atom. The monoisotopic (exact) mass is 274 g/mol. The molecule has 0 amide bonds. The molecule has 1 aromatic rings. The lowest BCUT2D eigenvalue weighted by molar-refractivity contribution is 0.203. The highest BCUT2D eigenvalue weighted by molar-refractivity contribution is 5.31. The molecule has 2 aliphatic rings. The quantitative estimate of drug-likeness (QED) is 0.893. The van der Waals surface area contributed by atoms with Crippen molar-refractivity contribution in [3.63, 3.8) is 0 Å². The molecule has 0 spiro atoms. The van der Waals surface area contributed by atoms with Gasteiger partial charge in [-0.3, -0.25) is 0 Å². The Morgan fingerprint density at radius 3 is 2.90 bits per heavy atom. The molecule has 2 unspecified atom stereocenters. The molecule has 1 aliphatic heterocycles. The molecule has 1 aliphatic carbocycles. The van der Waals surface area contributed by atoms with Gasteiger partial charge in [-0.1, -0.05) is 12.1 Å². The van der Waals surface area contributed by atoms with Crippen LogP contribution in [0.3, 0.4) is 0 Å². The predicted molar refractivity (Wildman–Crippen MR) is 82.4 cm³/mol. The van der Waals surface area contributed by atoms with Crippen LogP contribution in [0.25, 0.3) is 0 Å². The molecule has 1 aromatic carbocycles. The molecule has 3 rings (SSSR count). The van der Waals surface area contributed by atoms with Crippen LogP contribution in [0.5, 0.6) is 5.75 Å². The SMILES string of the molecule is COc1cccc(C2CC(NCC3CC3)CN(C)C2)c1. The summed E-state index contributed by atoms with van der Waals surface area (Å²) in [6.07, 6.45) is 4.09. The molecule has 0 radical (unpaired) electrons. The number of nitrogens with zero attached hydrogens (tertiary/aromatic N) is 1. The Labute approximate surface area is 122 Å². The number of hydrogen-bond acceptors (Lipinski definition) is 3. The second kappa shape index (κ2) is 6.15. The van der Waals surface area contributed by atoms with Crippen LogP contribution < -0.4 is 10.1 Å². The lowest BCUT2D eigenvalue weighted by atomic mass is 9.88. The number of benzene rings is 1. The Hall–Kier alpha value is -1.06. The second-order valence-electron chi connectivity index (χ2n) is 6.48. The first-order chi connectivity index (χ1) is 9.74. The summed E-state index contributed by atoms with van der Waals surface area (Å²) in [5.41, 5.74) is 1.41. The summed E-state index contributed by atoms with van der Waals surface area (Å²) in [6.45, 7) is 3.53. The Bertz CT molecular complexity index is 444. The lowest BCUT2D eigenvalue weighted by Crippen LogP contribution is -2.47. The maximum absolute atomic E-state index is 5.36. The van der Waals surface area contributed by atoms with Gasteiger partial charge in [0.1, 0.15) is 5.75 Å². The minimum absolute atomic E-state index is 0.612. The van der Waals surface area contributed by atoms with E-state index >= 15 is 0 Å². The molecule has 1 N–H and O–H groups in total. The number of likely N-dealkylation sites (tertiary alicyclic amines) is 1. The van der Waals surface area contributed by atoms with Gasteiger partial charge >= 0.3 is 0 Å². The summed E-state index contributed by atoms with van der Waals surface area (Å²) in [5, 5.41) is 3.77. The fourth-order valence-electron chi connectivity index (χ4n) is 3.26. The Kier molecular flexibility index (Phi) is 4.27. The molecule has 0 bridgehead atoms. The van der Waals surface area contributed by atoms with Gasteiger partial charge in [0.2, 0.25) is 0 Å². The highest BCUT2D eigenvalue weighted by atomic mass is 16.5. The Morgan fingerprint density at radius 2 is 2.15 bits per heavy atom. The number of nitrogens with one attached hydrogen (secondary N) is 1. The average Bonchev–Trinajstić information content (AvgIpc) is 3.29. The first-order valence-corrected chi connectivity index (χ1v) is 7.80. The molecule has 110 valence electrons. The third-order valence-corrected chi connectivity index (χ3v) is 4.59. The Balaban J connectivity index is 1.64. The van der Waals surface area contributed by atoms with E-state index in [1.807, 2.05) is 6.07 Å². The molecule has 3 heteroatoms. The topological polar surface area (TPSA) is 24.5 Å². The van der Waals surface area contributed by atoms with Crippen LogP contribution in [0.15, 0.2) is 24.3 Å². The van der Waals surface area contributed by atoms with E-state index in [-0.39, 0.29) is 0 Å². The van der Waals surface area contributed by atoms with Gasteiger partial charge in [0.25, 0.3) is 0 Å². The molecule has 20 heavy (non-hydrogen) atoms. The number of piperidine rings is 1. The standard InChI is InChI=1S/C17H26N2O/c1-19-11-15(14-4-3-5-17(9-14)20-2)8-16(12-19)18-10-13-6-7-13/h3-5,9,13,15-16,18H,6-8,10-12H2,1-2H3. The van der Waals surface area contributed by atoms with Gasteiger partial charge in [0, 0.05) is 19.1 Å². The van der Waals surface area contributed by atoms with Crippen LogP contribution in [-0.4, -0.2) is 44.7 Å². The zero-order valence-corrected chi connectivity index (χ0v) is 12.6. The number of rotatable bonds is 5. The highest BCUT2D eigenvalue weighted by Gasteiger charge is 2.28. The molecule has 0 aromatic heterocycles. The maximum atomic E-state index is 5.36. The van der Waals surface area contributed by atoms with Crippen LogP contribution in [0, 0.1) is 5.92 Å². The number of likely N-dealkylation sites (N-methyl/N-ethyl adjacent to an activating group) is 1. The highest BCUT2D eigenvalue weighted by Crippen LogP contribution is 2.31. The van der Waals surface area contributed by atoms with E-state index in [0.29, 0.717) is 12.0 Å². The molecule has 2 fully saturated rings. The van der Waals surface area contributed by atoms with Crippen molar-refractivity contribution in [3.05, 3.63) is 29.8 Å². The largest absolute Gasteiger partial charge is 0.497 e. The van der Waals surface area contributed by atoms with Gasteiger partial charge in [-0.25, -0.2) is 0 Å². The van der Waals surface area contributed by atoms with Gasteiger partial charge in [-0.05, 0) is 62.4 Å². The van der Waals surface area contributed by atoms with E-state index < -0.39 is 0 Å². The number of hydrogen-bond donors (Lipinski definition) is 1. The van der Waals surface area contributed by atoms with Crippen molar-refractivity contribution in [3.8, 4) is 5.75 Å². The normalized spacial score (nSPS) is 27.5. The van der Waals surface area contributed by atoms with Crippen LogP contribution in [-0.2, 0) is 0 Å². The van der Waals surface area contributed by atoms with Crippen molar-refractivity contribution in [2.75, 3.05) is 33.8 Å². The van der Waals surface area contributed by atoms with Crippen molar-refractivity contribution in [2.24, 2.45) is 5.92 Å². The van der Waals surface area contributed by atoms with Gasteiger partial charge in [0.15, 0.2) is 0 Å². The van der Waals surface area contributed by atoms with E-state index in [1.165, 1.54) is 37.9 Å². The zero-order valence-electron chi connectivity index (χ0n) is 12.6. The minimum Gasteiger partial charge on any atom is -0.497 e. The first kappa shape index (κ1) is 13.9. The van der Waals surface area contributed by atoms with Gasteiger partial charge < -0.3 is 15.0 Å². The van der Waals surface area contributed by atoms with Crippen LogP contribution in [0.2, 0.25) is 0 Å². The van der Waals surface area contributed by atoms with E-state index in [1.54, 1.807) is 7.11 Å². The lowest BCUT2D eigenvalue weighted by Gasteiger charge is -2.36. The van der Waals surface area contributed by atoms with E-state index in [2.05, 4.69) is 35.5 Å². The molecule has 1 saturated carbocycles. The van der Waals surface area contributed by atoms with Gasteiger partial charge in [-0.2, -0.15) is 0 Å². The second-order valence-corrected chi connectivity index (χ2v) is 6.48. The van der Waals surface area contributed by atoms with Gasteiger partial charge in [-0.15, -0.1) is 0 Å². The molecule has 3 nitrogen and oxygen atoms in total. The first-order valence-electron chi connectivity index (χ1n) is 7.80. The third-order valence-electron chi connectivity index (χ3n) is 4.59. The fraction of sp³-hybridized carbons (Fsp3) is 0.647. The summed E-state index contributed by atoms with van der Waals surface area (Å²) in [4.78, 5) is 2.46. The molecule has 1 heterocycles. The molecular weight excluding hydrogens is 248 g/mol. The summed E-state index contributed by atoms with van der Waals surface area (Å²) in [5.74, 6) is 2.54. The maximum Gasteiger partial charge on any atom is 0.119 e. The van der Waals surface area contributed by atoms with E-state index in [0.717, 1.165) is 18.2 Å². The third kappa shape index (κ3) is 3.53. The van der Waals surface area contributed by atoms with Crippen molar-refractivity contribution in [2.45, 2.75) is 31.2 Å². The molecule has 1 saturated heterocycles. The van der Waals surface area contributed by atoms with Crippen LogP contribution >= 0.6 is 0 Å². The molecule has 2 atom stereocenters. The van der Waals surface area contributed by atoms with Crippen molar-refractivity contribution in [1.29, 1.82) is 0 Å². The van der Waals surface area contributed by atoms with Crippen molar-refractivity contribution < 1.29 is 4.74 Å². The van der Waals surface area contributed by atoms with E-state index in [4.69, 9.17) is 4.74 Å². The van der Waals surface area contributed by atoms with Crippen molar-refractivity contribution >= 4 is 0 Å². The van der Waals surface area contributed by atoms with Crippen LogP contribution in [0.1, 0.15) is 30.7 Å². The number of ether oxygens (including phenoxy) is 1. The summed E-state index contributed by atoms with van der Waals surface area (Å²) in [7, 11) is 3.98. The number of methoxy groups -OCH3 is 1. The van der Waals surface area contributed by atoms with Crippen LogP contribution in [0.4, 0.5) is 0 Å². The summed E-state index contributed by atoms with van der Waals surface area (Å²) >= 11 is 0. The summed E-state index contributed by atoms with van der Waals surface area (Å²) in [6, 6.07) is 9.20. The zero-order chi connectivity index (χ0) is 13.9. The molecular formula is C17H26N2O. The van der Waals surface area contributed by atoms with E-state index in [9.17, 15) is 0 Å².